The Morgan fingerprint density at radius 2 is 2.07 bits per heavy atom. The number of nitro groups is 1. The van der Waals surface area contributed by atoms with Crippen molar-refractivity contribution in [1.29, 1.82) is 0 Å². The van der Waals surface area contributed by atoms with Gasteiger partial charge in [-0.1, -0.05) is 55.5 Å². The van der Waals surface area contributed by atoms with Gasteiger partial charge in [0.1, 0.15) is 12.1 Å². The largest absolute Gasteiger partial charge is 0.461 e. The van der Waals surface area contributed by atoms with Crippen LogP contribution in [0, 0.1) is 22.0 Å². The molecule has 3 unspecified atom stereocenters. The van der Waals surface area contributed by atoms with Crippen LogP contribution >= 0.6 is 0 Å². The highest BCUT2D eigenvalue weighted by Gasteiger charge is 2.39. The molecular formula is C22H22N4O3. The van der Waals surface area contributed by atoms with Crippen LogP contribution in [0.15, 0.2) is 57.6 Å². The molecule has 2 aromatic carbocycles. The first-order chi connectivity index (χ1) is 14.1. The summed E-state index contributed by atoms with van der Waals surface area (Å²) in [7, 11) is 0. The number of nitrogens with zero attached hydrogens (tertiary/aromatic N) is 4. The van der Waals surface area contributed by atoms with Crippen molar-refractivity contribution in [1.82, 2.24) is 0 Å². The predicted octanol–water partition coefficient (Wildman–Crippen LogP) is 4.66. The molecule has 3 aliphatic rings. The molecule has 3 atom stereocenters. The molecule has 29 heavy (non-hydrogen) atoms. The SMILES string of the molecule is C1=NC=NCO1.CC1CCC2C=Cc3c(ccc4ccccc34)C2C1=N[N+](=O)[O-]. The molecule has 0 bridgehead atoms. The Balaban J connectivity index is 0.000000294. The molecule has 0 amide bonds. The summed E-state index contributed by atoms with van der Waals surface area (Å²) < 4.78 is 4.58. The highest BCUT2D eigenvalue weighted by atomic mass is 16.7. The second-order valence-corrected chi connectivity index (χ2v) is 7.38. The molecule has 0 spiro atoms. The van der Waals surface area contributed by atoms with Gasteiger partial charge in [-0.15, -0.1) is 0 Å². The molecular weight excluding hydrogens is 368 g/mol. The molecule has 5 rings (SSSR count). The third-order valence-electron chi connectivity index (χ3n) is 5.66. The summed E-state index contributed by atoms with van der Waals surface area (Å²) in [5.41, 5.74) is 3.10. The normalized spacial score (nSPS) is 25.6. The predicted molar refractivity (Wildman–Crippen MR) is 115 cm³/mol. The van der Waals surface area contributed by atoms with Crippen molar-refractivity contribution in [3.8, 4) is 0 Å². The van der Waals surface area contributed by atoms with Crippen LogP contribution in [0.4, 0.5) is 0 Å². The molecule has 1 saturated carbocycles. The topological polar surface area (TPSA) is 89.5 Å². The van der Waals surface area contributed by atoms with Gasteiger partial charge >= 0.3 is 0 Å². The lowest BCUT2D eigenvalue weighted by atomic mass is 9.66. The zero-order valence-electron chi connectivity index (χ0n) is 16.1. The number of hydrogen-bond donors (Lipinski definition) is 0. The lowest BCUT2D eigenvalue weighted by Crippen LogP contribution is -2.34. The van der Waals surface area contributed by atoms with E-state index in [2.05, 4.69) is 63.2 Å². The van der Waals surface area contributed by atoms with Crippen LogP contribution in [-0.2, 0) is 4.74 Å². The van der Waals surface area contributed by atoms with Crippen LogP contribution in [0.1, 0.15) is 36.8 Å². The summed E-state index contributed by atoms with van der Waals surface area (Å²) in [4.78, 5) is 18.2. The summed E-state index contributed by atoms with van der Waals surface area (Å²) in [5, 5.41) is 16.7. The van der Waals surface area contributed by atoms with E-state index in [1.807, 2.05) is 12.1 Å². The van der Waals surface area contributed by atoms with E-state index >= 15 is 0 Å². The maximum absolute atomic E-state index is 11.0. The second kappa shape index (κ2) is 8.34. The molecule has 1 fully saturated rings. The zero-order chi connectivity index (χ0) is 20.2. The van der Waals surface area contributed by atoms with Gasteiger partial charge in [0, 0.05) is 11.8 Å². The summed E-state index contributed by atoms with van der Waals surface area (Å²) in [6.45, 7) is 2.47. The molecule has 0 N–H and O–H groups in total. The third kappa shape index (κ3) is 3.94. The average Bonchev–Trinajstić information content (AvgIpc) is 2.76. The molecule has 1 heterocycles. The van der Waals surface area contributed by atoms with Crippen LogP contribution in [0.3, 0.4) is 0 Å². The van der Waals surface area contributed by atoms with E-state index in [1.165, 1.54) is 34.6 Å². The van der Waals surface area contributed by atoms with E-state index in [4.69, 9.17) is 0 Å². The third-order valence-corrected chi connectivity index (χ3v) is 5.66. The first kappa shape index (κ1) is 19.0. The summed E-state index contributed by atoms with van der Waals surface area (Å²) in [5.74, 6) is 0.514. The number of ether oxygens (including phenoxy) is 1. The fourth-order valence-electron chi connectivity index (χ4n) is 4.35. The number of fused-ring (bicyclic) bond motifs is 5. The first-order valence-corrected chi connectivity index (χ1v) is 9.69. The number of allylic oxidation sites excluding steroid dienone is 1. The standard InChI is InChI=1S/C19H18N2O2.C3H4N2O/c1-12-6-7-14-9-10-16-15-5-3-2-4-13(15)8-11-17(16)18(14)19(12)20-21(22)23;1-4-2-6-3-5-1/h2-5,8-12,14,18H,6-7H2,1H3;1-2H,3H2. The van der Waals surface area contributed by atoms with Crippen molar-refractivity contribution < 1.29 is 9.77 Å². The van der Waals surface area contributed by atoms with Gasteiger partial charge in [0.15, 0.2) is 18.2 Å². The van der Waals surface area contributed by atoms with E-state index in [0.717, 1.165) is 18.6 Å². The molecule has 1 aliphatic heterocycles. The van der Waals surface area contributed by atoms with Crippen molar-refractivity contribution in [2.45, 2.75) is 25.7 Å². The molecule has 7 nitrogen and oxygen atoms in total. The number of rotatable bonds is 1. The Labute approximate surface area is 168 Å². The Hall–Kier alpha value is -3.35. The van der Waals surface area contributed by atoms with E-state index in [9.17, 15) is 10.1 Å². The van der Waals surface area contributed by atoms with Crippen LogP contribution in [0.25, 0.3) is 16.8 Å². The zero-order valence-corrected chi connectivity index (χ0v) is 16.1. The molecule has 0 aromatic heterocycles. The summed E-state index contributed by atoms with van der Waals surface area (Å²) in [6, 6.07) is 12.5. The van der Waals surface area contributed by atoms with Crippen molar-refractivity contribution >= 4 is 35.3 Å². The van der Waals surface area contributed by atoms with Gasteiger partial charge in [-0.05, 0) is 40.7 Å². The molecule has 2 aliphatic carbocycles. The molecule has 2 aromatic rings. The molecule has 7 heteroatoms. The highest BCUT2D eigenvalue weighted by Crippen LogP contribution is 2.45. The Morgan fingerprint density at radius 3 is 2.76 bits per heavy atom. The number of aliphatic imine (C=N–C) groups is 2. The van der Waals surface area contributed by atoms with Gasteiger partial charge in [0.05, 0.1) is 5.10 Å². The van der Waals surface area contributed by atoms with Crippen LogP contribution < -0.4 is 0 Å². The highest BCUT2D eigenvalue weighted by molar-refractivity contribution is 5.99. The van der Waals surface area contributed by atoms with Gasteiger partial charge in [-0.25, -0.2) is 20.1 Å². The van der Waals surface area contributed by atoms with Gasteiger partial charge in [0.25, 0.3) is 0 Å². The fraction of sp³-hybridized carbons (Fsp3) is 0.318. The van der Waals surface area contributed by atoms with Crippen molar-refractivity contribution in [3.05, 3.63) is 63.7 Å². The van der Waals surface area contributed by atoms with Crippen LogP contribution in [0.2, 0.25) is 0 Å². The van der Waals surface area contributed by atoms with E-state index in [-0.39, 0.29) is 11.8 Å². The lowest BCUT2D eigenvalue weighted by molar-refractivity contribution is -0.485. The summed E-state index contributed by atoms with van der Waals surface area (Å²) >= 11 is 0. The van der Waals surface area contributed by atoms with Crippen LogP contribution in [-0.4, -0.2) is 30.2 Å². The monoisotopic (exact) mass is 390 g/mol. The van der Waals surface area contributed by atoms with E-state index in [1.54, 1.807) is 0 Å². The summed E-state index contributed by atoms with van der Waals surface area (Å²) in [6.07, 6.45) is 9.27. The minimum Gasteiger partial charge on any atom is -0.461 e. The van der Waals surface area contributed by atoms with Gasteiger partial charge in [-0.3, -0.25) is 0 Å². The second-order valence-electron chi connectivity index (χ2n) is 7.38. The average molecular weight is 390 g/mol. The van der Waals surface area contributed by atoms with Crippen molar-refractivity contribution in [2.24, 2.45) is 26.9 Å². The quantitative estimate of drug-likeness (QED) is 0.524. The maximum Gasteiger partial charge on any atom is 0.190 e. The minimum absolute atomic E-state index is 0.0359. The fourth-order valence-corrected chi connectivity index (χ4v) is 4.35. The van der Waals surface area contributed by atoms with E-state index in [0.29, 0.717) is 12.6 Å². The van der Waals surface area contributed by atoms with Crippen molar-refractivity contribution in [2.75, 3.05) is 6.73 Å². The maximum atomic E-state index is 11.0. The Kier molecular flexibility index (Phi) is 5.46. The minimum atomic E-state index is -0.534. The first-order valence-electron chi connectivity index (χ1n) is 9.69. The Bertz CT molecular complexity index is 1030. The lowest BCUT2D eigenvalue weighted by Gasteiger charge is -2.37. The van der Waals surface area contributed by atoms with E-state index < -0.39 is 5.03 Å². The Morgan fingerprint density at radius 1 is 1.21 bits per heavy atom. The number of benzene rings is 2. The number of hydrazone groups is 1. The smallest absolute Gasteiger partial charge is 0.190 e. The molecule has 0 radical (unpaired) electrons. The molecule has 148 valence electrons. The van der Waals surface area contributed by atoms with Crippen LogP contribution in [0.5, 0.6) is 0 Å². The van der Waals surface area contributed by atoms with Gasteiger partial charge in [0.2, 0.25) is 0 Å². The number of hydrogen-bond acceptors (Lipinski definition) is 5. The van der Waals surface area contributed by atoms with Gasteiger partial charge in [-0.2, -0.15) is 0 Å². The molecule has 0 saturated heterocycles. The van der Waals surface area contributed by atoms with Crippen molar-refractivity contribution in [3.63, 3.8) is 0 Å². The van der Waals surface area contributed by atoms with Gasteiger partial charge < -0.3 is 4.74 Å².